The first-order chi connectivity index (χ1) is 24.5. The van der Waals surface area contributed by atoms with E-state index in [0.29, 0.717) is 12.1 Å². The van der Waals surface area contributed by atoms with E-state index in [1.165, 1.54) is 9.80 Å². The van der Waals surface area contributed by atoms with E-state index in [9.17, 15) is 33.6 Å². The van der Waals surface area contributed by atoms with E-state index in [4.69, 9.17) is 4.74 Å². The molecule has 4 N–H and O–H groups in total. The maximum Gasteiger partial charge on any atom is 0.408 e. The van der Waals surface area contributed by atoms with E-state index in [2.05, 4.69) is 21.3 Å². The van der Waals surface area contributed by atoms with Crippen LogP contribution >= 0.6 is 0 Å². The number of hydrogen-bond donors (Lipinski definition) is 4. The van der Waals surface area contributed by atoms with Crippen LogP contribution in [0.25, 0.3) is 0 Å². The molecule has 1 aliphatic heterocycles. The molecule has 6 atom stereocenters. The molecule has 2 aliphatic carbocycles. The molecule has 0 radical (unpaired) electrons. The topological polar surface area (TPSA) is 183 Å². The van der Waals surface area contributed by atoms with Crippen LogP contribution in [0, 0.1) is 28.6 Å². The highest BCUT2D eigenvalue weighted by atomic mass is 16.6. The number of hydrogen-bond acceptors (Lipinski definition) is 8. The molecule has 3 fully saturated rings. The molecule has 0 bridgehead atoms. The number of alkyl carbamates (subject to hydrolysis) is 1. The first-order valence-corrected chi connectivity index (χ1v) is 18.5. The molecule has 0 spiro atoms. The summed E-state index contributed by atoms with van der Waals surface area (Å²) in [7, 11) is 3.13. The van der Waals surface area contributed by atoms with E-state index >= 15 is 0 Å². The fraction of sp³-hybridized carbons (Fsp3) is 0.667. The average molecular weight is 739 g/mol. The quantitative estimate of drug-likeness (QED) is 0.223. The lowest BCUT2D eigenvalue weighted by Crippen LogP contribution is -2.61. The summed E-state index contributed by atoms with van der Waals surface area (Å²) in [5.41, 5.74) is -1.20. The zero-order valence-electron chi connectivity index (χ0n) is 32.8. The third kappa shape index (κ3) is 9.94. The third-order valence-electron chi connectivity index (χ3n) is 10.7. The smallest absolute Gasteiger partial charge is 0.408 e. The molecule has 3 aliphatic rings. The predicted molar refractivity (Wildman–Crippen MR) is 197 cm³/mol. The van der Waals surface area contributed by atoms with Gasteiger partial charge in [-0.3, -0.25) is 28.8 Å². The van der Waals surface area contributed by atoms with E-state index in [1.807, 2.05) is 34.6 Å². The van der Waals surface area contributed by atoms with Crippen LogP contribution < -0.4 is 21.3 Å². The van der Waals surface area contributed by atoms with Gasteiger partial charge in [0.25, 0.3) is 5.91 Å². The Hall–Kier alpha value is -4.49. The van der Waals surface area contributed by atoms with Crippen molar-refractivity contribution < 1.29 is 38.3 Å². The normalized spacial score (nSPS) is 22.2. The van der Waals surface area contributed by atoms with Crippen molar-refractivity contribution in [3.05, 3.63) is 35.9 Å². The van der Waals surface area contributed by atoms with Crippen LogP contribution in [0.4, 0.5) is 4.79 Å². The number of likely N-dealkylation sites (tertiary alicyclic amines) is 1. The molecular formula is C39H58N6O8. The molecule has 1 aromatic rings. The molecule has 292 valence electrons. The van der Waals surface area contributed by atoms with Crippen LogP contribution in [0.5, 0.6) is 0 Å². The lowest BCUT2D eigenvalue weighted by molar-refractivity contribution is -0.145. The molecule has 1 heterocycles. The Balaban J connectivity index is 1.48. The highest BCUT2D eigenvalue weighted by Crippen LogP contribution is 2.65. The van der Waals surface area contributed by atoms with Gasteiger partial charge >= 0.3 is 6.09 Å². The number of ketones is 1. The standard InChI is InChI=1S/C39H58N6O8/c1-37(2,3)31(43-36(52)53-38(4,5)6)35(51)45-21-24-27(39(24,7)8)29(45)32(48)41-25(19-22-15-14-16-22)30(47)33(49)40-20-26(46)42-28(34(50)44(9)10)23-17-12-11-13-18-23/h11-13,17-18,22,24-25,27-29,31H,14-16,19-21H2,1-10H3,(H,40,49)(H,41,48)(H,42,46)(H,43,52)/t24-,25?,27-,28-,29-,31+/m0/s1. The molecular weight excluding hydrogens is 680 g/mol. The summed E-state index contributed by atoms with van der Waals surface area (Å²) < 4.78 is 5.44. The Morgan fingerprint density at radius 1 is 0.925 bits per heavy atom. The molecule has 14 heteroatoms. The minimum atomic E-state index is -1.18. The first kappa shape index (κ1) is 41.3. The van der Waals surface area contributed by atoms with Crippen LogP contribution in [-0.4, -0.2) is 102 Å². The highest BCUT2D eigenvalue weighted by Gasteiger charge is 2.70. The van der Waals surface area contributed by atoms with Gasteiger partial charge in [0.1, 0.15) is 23.7 Å². The number of rotatable bonds is 13. The molecule has 1 unspecified atom stereocenters. The van der Waals surface area contributed by atoms with E-state index in [1.54, 1.807) is 65.2 Å². The van der Waals surface area contributed by atoms with Crippen molar-refractivity contribution in [2.45, 2.75) is 111 Å². The van der Waals surface area contributed by atoms with Crippen LogP contribution in [0.3, 0.4) is 0 Å². The number of ether oxygens (including phenoxy) is 1. The Kier molecular flexibility index (Phi) is 12.3. The summed E-state index contributed by atoms with van der Waals surface area (Å²) in [4.78, 5) is 96.8. The van der Waals surface area contributed by atoms with Gasteiger partial charge in [-0.2, -0.15) is 0 Å². The van der Waals surface area contributed by atoms with Gasteiger partial charge < -0.3 is 35.8 Å². The van der Waals surface area contributed by atoms with Gasteiger partial charge in [-0.05, 0) is 61.3 Å². The summed E-state index contributed by atoms with van der Waals surface area (Å²) >= 11 is 0. The van der Waals surface area contributed by atoms with Crippen LogP contribution in [0.1, 0.15) is 92.7 Å². The summed E-state index contributed by atoms with van der Waals surface area (Å²) in [6.07, 6.45) is 2.16. The lowest BCUT2D eigenvalue weighted by atomic mass is 9.80. The monoisotopic (exact) mass is 738 g/mol. The second-order valence-corrected chi connectivity index (χ2v) is 17.6. The second kappa shape index (κ2) is 15.9. The Labute approximate surface area is 312 Å². The summed E-state index contributed by atoms with van der Waals surface area (Å²) in [5, 5.41) is 10.6. The van der Waals surface area contributed by atoms with Crippen molar-refractivity contribution in [1.82, 2.24) is 31.1 Å². The lowest BCUT2D eigenvalue weighted by Gasteiger charge is -2.38. The van der Waals surface area contributed by atoms with Crippen molar-refractivity contribution in [3.63, 3.8) is 0 Å². The van der Waals surface area contributed by atoms with Gasteiger partial charge in [0, 0.05) is 20.6 Å². The van der Waals surface area contributed by atoms with Crippen LogP contribution in [0.2, 0.25) is 0 Å². The van der Waals surface area contributed by atoms with Gasteiger partial charge in [-0.1, -0.05) is 84.2 Å². The molecule has 1 aromatic carbocycles. The fourth-order valence-electron chi connectivity index (χ4n) is 7.41. The van der Waals surface area contributed by atoms with Crippen LogP contribution in [0.15, 0.2) is 30.3 Å². The molecule has 0 aromatic heterocycles. The summed E-state index contributed by atoms with van der Waals surface area (Å²) in [6, 6.07) is 4.55. The fourth-order valence-corrected chi connectivity index (χ4v) is 7.41. The van der Waals surface area contributed by atoms with Gasteiger partial charge in [0.15, 0.2) is 0 Å². The molecule has 53 heavy (non-hydrogen) atoms. The maximum absolute atomic E-state index is 14.2. The minimum absolute atomic E-state index is 0.0334. The Bertz CT molecular complexity index is 1580. The zero-order valence-corrected chi connectivity index (χ0v) is 32.8. The van der Waals surface area contributed by atoms with Gasteiger partial charge in [0.05, 0.1) is 12.6 Å². The maximum atomic E-state index is 14.2. The minimum Gasteiger partial charge on any atom is -0.444 e. The molecule has 1 saturated heterocycles. The van der Waals surface area contributed by atoms with Crippen LogP contribution in [-0.2, 0) is 33.5 Å². The van der Waals surface area contributed by atoms with E-state index < -0.39 is 77.2 Å². The molecule has 14 nitrogen and oxygen atoms in total. The number of benzene rings is 1. The van der Waals surface area contributed by atoms with Gasteiger partial charge in [-0.25, -0.2) is 4.79 Å². The number of nitrogens with one attached hydrogen (secondary N) is 4. The summed E-state index contributed by atoms with van der Waals surface area (Å²) in [5.74, 6) is -3.99. The predicted octanol–water partition coefficient (Wildman–Crippen LogP) is 2.71. The Morgan fingerprint density at radius 2 is 1.55 bits per heavy atom. The molecule has 4 rings (SSSR count). The Morgan fingerprint density at radius 3 is 2.08 bits per heavy atom. The van der Waals surface area contributed by atoms with Crippen molar-refractivity contribution in [2.24, 2.45) is 28.6 Å². The number of Topliss-reactive ketones (excluding diaryl/α,β-unsaturated/α-hetero) is 1. The van der Waals surface area contributed by atoms with Crippen molar-refractivity contribution in [1.29, 1.82) is 0 Å². The van der Waals surface area contributed by atoms with Gasteiger partial charge in [-0.15, -0.1) is 0 Å². The number of carbonyl (C=O) groups excluding carboxylic acids is 7. The second-order valence-electron chi connectivity index (χ2n) is 17.6. The number of piperidine rings is 1. The number of fused-ring (bicyclic) bond motifs is 1. The summed E-state index contributed by atoms with van der Waals surface area (Å²) in [6.45, 7) is 14.4. The van der Waals surface area contributed by atoms with Crippen molar-refractivity contribution in [3.8, 4) is 0 Å². The average Bonchev–Trinajstić information content (AvgIpc) is 3.35. The van der Waals surface area contributed by atoms with E-state index in [-0.39, 0.29) is 35.5 Å². The number of nitrogens with zero attached hydrogens (tertiary/aromatic N) is 2. The number of amides is 6. The number of likely N-dealkylation sites (N-methyl/N-ethyl adjacent to an activating group) is 1. The number of carbonyl (C=O) groups is 7. The largest absolute Gasteiger partial charge is 0.444 e. The zero-order chi connectivity index (χ0) is 39.6. The third-order valence-corrected chi connectivity index (χ3v) is 10.7. The molecule has 2 saturated carbocycles. The first-order valence-electron chi connectivity index (χ1n) is 18.5. The highest BCUT2D eigenvalue weighted by molar-refractivity contribution is 6.38. The molecule has 6 amide bonds. The van der Waals surface area contributed by atoms with E-state index in [0.717, 1.165) is 19.3 Å². The van der Waals surface area contributed by atoms with Gasteiger partial charge in [0.2, 0.25) is 29.4 Å². The van der Waals surface area contributed by atoms with Crippen molar-refractivity contribution >= 4 is 41.4 Å². The van der Waals surface area contributed by atoms with Crippen molar-refractivity contribution in [2.75, 3.05) is 27.2 Å². The SMILES string of the molecule is CN(C)C(=O)[C@@H](NC(=O)CNC(=O)C(=O)C(CC1CCC1)NC(=O)[C@@H]1[C@@H]2[C@H](CN1C(=O)[C@@H](NC(=O)OC(C)(C)C)C(C)(C)C)C2(C)C)c1ccccc1.